The highest BCUT2D eigenvalue weighted by atomic mass is 35.5. The molecule has 0 saturated heterocycles. The number of hydrogen-bond acceptors (Lipinski definition) is 1. The van der Waals surface area contributed by atoms with Gasteiger partial charge in [0.25, 0.3) is 0 Å². The standard InChI is InChI=1S/C19H20ClF4N/c1-3-5-12(4-2)18(17-7-6-15(20)11-25-17)13-8-14(19(22,23)24)10-16(21)9-13/h6-12,18H,3-5H2,1-2H3. The van der Waals surface area contributed by atoms with E-state index in [1.54, 1.807) is 12.1 Å². The summed E-state index contributed by atoms with van der Waals surface area (Å²) in [5.41, 5.74) is -0.0845. The summed E-state index contributed by atoms with van der Waals surface area (Å²) in [5, 5.41) is 0.446. The third kappa shape index (κ3) is 4.94. The maximum Gasteiger partial charge on any atom is 0.416 e. The van der Waals surface area contributed by atoms with Gasteiger partial charge in [0, 0.05) is 17.8 Å². The van der Waals surface area contributed by atoms with Gasteiger partial charge >= 0.3 is 6.18 Å². The van der Waals surface area contributed by atoms with E-state index in [-0.39, 0.29) is 5.92 Å². The fourth-order valence-electron chi connectivity index (χ4n) is 3.19. The second-order valence-corrected chi connectivity index (χ2v) is 6.54. The zero-order valence-corrected chi connectivity index (χ0v) is 14.8. The van der Waals surface area contributed by atoms with E-state index in [1.165, 1.54) is 12.3 Å². The highest BCUT2D eigenvalue weighted by Crippen LogP contribution is 2.39. The topological polar surface area (TPSA) is 12.9 Å². The monoisotopic (exact) mass is 373 g/mol. The first kappa shape index (κ1) is 19.7. The fourth-order valence-corrected chi connectivity index (χ4v) is 3.30. The van der Waals surface area contributed by atoms with Gasteiger partial charge in [0.05, 0.1) is 10.6 Å². The van der Waals surface area contributed by atoms with Gasteiger partial charge in [-0.25, -0.2) is 4.39 Å². The van der Waals surface area contributed by atoms with Crippen LogP contribution in [0.4, 0.5) is 17.6 Å². The molecule has 1 nitrogen and oxygen atoms in total. The molecule has 25 heavy (non-hydrogen) atoms. The molecule has 2 unspecified atom stereocenters. The van der Waals surface area contributed by atoms with Gasteiger partial charge in [-0.3, -0.25) is 4.98 Å². The fraction of sp³-hybridized carbons (Fsp3) is 0.421. The molecule has 136 valence electrons. The molecule has 0 aliphatic carbocycles. The predicted octanol–water partition coefficient (Wildman–Crippen LogP) is 6.85. The molecule has 0 aliphatic heterocycles. The minimum atomic E-state index is -4.60. The molecule has 0 aliphatic rings. The molecular formula is C19H20ClF4N. The number of aromatic nitrogens is 1. The lowest BCUT2D eigenvalue weighted by Crippen LogP contribution is -2.17. The van der Waals surface area contributed by atoms with Crippen LogP contribution >= 0.6 is 11.6 Å². The zero-order valence-electron chi connectivity index (χ0n) is 14.1. The Bertz CT molecular complexity index is 698. The Balaban J connectivity index is 2.59. The number of rotatable bonds is 6. The molecule has 0 amide bonds. The largest absolute Gasteiger partial charge is 0.416 e. The average Bonchev–Trinajstić information content (AvgIpc) is 2.54. The van der Waals surface area contributed by atoms with E-state index in [4.69, 9.17) is 11.6 Å². The summed E-state index contributed by atoms with van der Waals surface area (Å²) in [6.07, 6.45) is -0.693. The molecular weight excluding hydrogens is 354 g/mol. The Morgan fingerprint density at radius 1 is 1.12 bits per heavy atom. The Kier molecular flexibility index (Phi) is 6.44. The number of nitrogens with zero attached hydrogens (tertiary/aromatic N) is 1. The van der Waals surface area contributed by atoms with Crippen molar-refractivity contribution in [3.05, 3.63) is 64.2 Å². The lowest BCUT2D eigenvalue weighted by Gasteiger charge is -2.27. The van der Waals surface area contributed by atoms with Crippen molar-refractivity contribution in [2.75, 3.05) is 0 Å². The number of benzene rings is 1. The first-order valence-corrected chi connectivity index (χ1v) is 8.63. The number of halogens is 5. The molecule has 0 radical (unpaired) electrons. The van der Waals surface area contributed by atoms with Crippen LogP contribution in [0.1, 0.15) is 55.8 Å². The van der Waals surface area contributed by atoms with Crippen molar-refractivity contribution in [2.45, 2.75) is 45.2 Å². The van der Waals surface area contributed by atoms with Gasteiger partial charge in [-0.05, 0) is 48.2 Å². The predicted molar refractivity (Wildman–Crippen MR) is 91.2 cm³/mol. The van der Waals surface area contributed by atoms with Crippen molar-refractivity contribution in [1.82, 2.24) is 4.98 Å². The van der Waals surface area contributed by atoms with E-state index in [0.717, 1.165) is 25.3 Å². The zero-order chi connectivity index (χ0) is 18.6. The minimum Gasteiger partial charge on any atom is -0.259 e. The van der Waals surface area contributed by atoms with Gasteiger partial charge in [0.1, 0.15) is 5.82 Å². The van der Waals surface area contributed by atoms with Gasteiger partial charge in [0.15, 0.2) is 0 Å². The van der Waals surface area contributed by atoms with Gasteiger partial charge < -0.3 is 0 Å². The van der Waals surface area contributed by atoms with Gasteiger partial charge in [-0.1, -0.05) is 38.3 Å². The normalized spacial score (nSPS) is 14.4. The van der Waals surface area contributed by atoms with Crippen molar-refractivity contribution >= 4 is 11.6 Å². The summed E-state index contributed by atoms with van der Waals surface area (Å²) in [7, 11) is 0. The highest BCUT2D eigenvalue weighted by Gasteiger charge is 2.33. The van der Waals surface area contributed by atoms with Crippen molar-refractivity contribution < 1.29 is 17.6 Å². The molecule has 6 heteroatoms. The van der Waals surface area contributed by atoms with Crippen molar-refractivity contribution in [2.24, 2.45) is 5.92 Å². The van der Waals surface area contributed by atoms with Crippen LogP contribution in [0.25, 0.3) is 0 Å². The molecule has 1 aromatic heterocycles. The molecule has 2 atom stereocenters. The molecule has 2 rings (SSSR count). The SMILES string of the molecule is CCCC(CC)C(c1cc(F)cc(C(F)(F)F)c1)c1ccc(Cl)cn1. The molecule has 1 heterocycles. The Hall–Kier alpha value is -1.62. The van der Waals surface area contributed by atoms with Crippen LogP contribution in [0, 0.1) is 11.7 Å². The smallest absolute Gasteiger partial charge is 0.259 e. The van der Waals surface area contributed by atoms with Crippen molar-refractivity contribution in [3.8, 4) is 0 Å². The van der Waals surface area contributed by atoms with E-state index in [2.05, 4.69) is 4.98 Å². The molecule has 0 saturated carbocycles. The van der Waals surface area contributed by atoms with Gasteiger partial charge in [-0.15, -0.1) is 0 Å². The highest BCUT2D eigenvalue weighted by molar-refractivity contribution is 6.30. The summed E-state index contributed by atoms with van der Waals surface area (Å²) < 4.78 is 53.2. The van der Waals surface area contributed by atoms with E-state index < -0.39 is 23.5 Å². The van der Waals surface area contributed by atoms with Crippen LogP contribution in [-0.4, -0.2) is 4.98 Å². The third-order valence-corrected chi connectivity index (χ3v) is 4.55. The summed E-state index contributed by atoms with van der Waals surface area (Å²) in [5.74, 6) is -1.25. The van der Waals surface area contributed by atoms with E-state index >= 15 is 0 Å². The average molecular weight is 374 g/mol. The molecule has 0 N–H and O–H groups in total. The second kappa shape index (κ2) is 8.17. The molecule has 0 spiro atoms. The minimum absolute atomic E-state index is 0.0570. The summed E-state index contributed by atoms with van der Waals surface area (Å²) in [4.78, 5) is 4.29. The van der Waals surface area contributed by atoms with Gasteiger partial charge in [0.2, 0.25) is 0 Å². The van der Waals surface area contributed by atoms with Crippen molar-refractivity contribution in [1.29, 1.82) is 0 Å². The summed E-state index contributed by atoms with van der Waals surface area (Å²) in [6, 6.07) is 6.08. The number of hydrogen-bond donors (Lipinski definition) is 0. The van der Waals surface area contributed by atoms with E-state index in [0.29, 0.717) is 22.3 Å². The summed E-state index contributed by atoms with van der Waals surface area (Å²) >= 11 is 5.88. The van der Waals surface area contributed by atoms with Crippen LogP contribution in [-0.2, 0) is 6.18 Å². The first-order chi connectivity index (χ1) is 11.8. The maximum atomic E-state index is 13.9. The lowest BCUT2D eigenvalue weighted by atomic mass is 9.79. The van der Waals surface area contributed by atoms with E-state index in [1.807, 2.05) is 13.8 Å². The van der Waals surface area contributed by atoms with Crippen LogP contribution in [0.15, 0.2) is 36.5 Å². The van der Waals surface area contributed by atoms with Crippen LogP contribution in [0.3, 0.4) is 0 Å². The van der Waals surface area contributed by atoms with Crippen LogP contribution in [0.5, 0.6) is 0 Å². The second-order valence-electron chi connectivity index (χ2n) is 6.11. The summed E-state index contributed by atoms with van der Waals surface area (Å²) in [6.45, 7) is 3.99. The Labute approximate surface area is 150 Å². The van der Waals surface area contributed by atoms with Crippen molar-refractivity contribution in [3.63, 3.8) is 0 Å². The molecule has 2 aromatic rings. The number of alkyl halides is 3. The van der Waals surface area contributed by atoms with E-state index in [9.17, 15) is 17.6 Å². The third-order valence-electron chi connectivity index (χ3n) is 4.33. The van der Waals surface area contributed by atoms with Crippen LogP contribution < -0.4 is 0 Å². The molecule has 0 bridgehead atoms. The Morgan fingerprint density at radius 3 is 2.36 bits per heavy atom. The van der Waals surface area contributed by atoms with Crippen LogP contribution in [0.2, 0.25) is 5.02 Å². The first-order valence-electron chi connectivity index (χ1n) is 8.25. The Morgan fingerprint density at radius 2 is 1.84 bits per heavy atom. The molecule has 0 fully saturated rings. The quantitative estimate of drug-likeness (QED) is 0.504. The number of pyridine rings is 1. The van der Waals surface area contributed by atoms with Gasteiger partial charge in [-0.2, -0.15) is 13.2 Å². The molecule has 1 aromatic carbocycles. The lowest BCUT2D eigenvalue weighted by molar-refractivity contribution is -0.137. The maximum absolute atomic E-state index is 13.9.